The summed E-state index contributed by atoms with van der Waals surface area (Å²) in [5, 5.41) is 4.00. The molecule has 0 aliphatic carbocycles. The number of piperidine rings is 1. The lowest BCUT2D eigenvalue weighted by atomic mass is 9.94. The quantitative estimate of drug-likeness (QED) is 0.548. The van der Waals surface area contributed by atoms with E-state index in [4.69, 9.17) is 18.7 Å². The van der Waals surface area contributed by atoms with Crippen molar-refractivity contribution in [1.82, 2.24) is 25.0 Å². The molecule has 1 saturated heterocycles. The smallest absolute Gasteiger partial charge is 0.254 e. The van der Waals surface area contributed by atoms with Crippen molar-refractivity contribution < 1.29 is 23.5 Å². The second-order valence-corrected chi connectivity index (χ2v) is 7.48. The average Bonchev–Trinajstić information content (AvgIpc) is 3.31. The van der Waals surface area contributed by atoms with Gasteiger partial charge < -0.3 is 23.6 Å². The Morgan fingerprint density at radius 1 is 1.16 bits per heavy atom. The van der Waals surface area contributed by atoms with Crippen LogP contribution < -0.4 is 14.2 Å². The highest BCUT2D eigenvalue weighted by molar-refractivity contribution is 5.95. The van der Waals surface area contributed by atoms with Crippen LogP contribution in [0.25, 0.3) is 11.5 Å². The molecule has 168 valence electrons. The van der Waals surface area contributed by atoms with E-state index in [0.717, 1.165) is 12.8 Å². The first-order chi connectivity index (χ1) is 15.6. The van der Waals surface area contributed by atoms with Gasteiger partial charge in [-0.05, 0) is 30.9 Å². The van der Waals surface area contributed by atoms with E-state index in [2.05, 4.69) is 20.1 Å². The van der Waals surface area contributed by atoms with E-state index in [1.54, 1.807) is 30.7 Å². The molecule has 0 N–H and O–H groups in total. The van der Waals surface area contributed by atoms with Crippen LogP contribution in [0.4, 0.5) is 0 Å². The Morgan fingerprint density at radius 2 is 1.94 bits per heavy atom. The Balaban J connectivity index is 1.46. The van der Waals surface area contributed by atoms with E-state index in [0.29, 0.717) is 59.7 Å². The molecule has 10 nitrogen and oxygen atoms in total. The van der Waals surface area contributed by atoms with Gasteiger partial charge >= 0.3 is 0 Å². The number of hydrogen-bond donors (Lipinski definition) is 0. The summed E-state index contributed by atoms with van der Waals surface area (Å²) in [6.45, 7) is 1.28. The van der Waals surface area contributed by atoms with E-state index < -0.39 is 0 Å². The van der Waals surface area contributed by atoms with Gasteiger partial charge in [0.1, 0.15) is 5.69 Å². The third kappa shape index (κ3) is 4.48. The third-order valence-electron chi connectivity index (χ3n) is 5.44. The maximum absolute atomic E-state index is 13.2. The molecule has 0 spiro atoms. The summed E-state index contributed by atoms with van der Waals surface area (Å²) < 4.78 is 21.5. The second-order valence-electron chi connectivity index (χ2n) is 7.48. The zero-order valence-corrected chi connectivity index (χ0v) is 18.3. The zero-order chi connectivity index (χ0) is 22.5. The average molecular weight is 439 g/mol. The molecule has 3 aromatic rings. The van der Waals surface area contributed by atoms with Crippen LogP contribution in [0.15, 0.2) is 35.2 Å². The first kappa shape index (κ1) is 21.5. The van der Waals surface area contributed by atoms with E-state index in [9.17, 15) is 4.79 Å². The summed E-state index contributed by atoms with van der Waals surface area (Å²) in [4.78, 5) is 27.7. The minimum absolute atomic E-state index is 0.0836. The van der Waals surface area contributed by atoms with Crippen LogP contribution in [-0.4, -0.2) is 65.3 Å². The van der Waals surface area contributed by atoms with Gasteiger partial charge in [-0.3, -0.25) is 9.78 Å². The fourth-order valence-electron chi connectivity index (χ4n) is 3.91. The van der Waals surface area contributed by atoms with Crippen LogP contribution in [0.3, 0.4) is 0 Å². The normalized spacial score (nSPS) is 16.0. The minimum atomic E-state index is -0.0836. The summed E-state index contributed by atoms with van der Waals surface area (Å²) in [7, 11) is 4.59. The topological polar surface area (TPSA) is 113 Å². The number of methoxy groups -OCH3 is 3. The molecule has 1 amide bonds. The highest BCUT2D eigenvalue weighted by Gasteiger charge is 2.28. The number of ether oxygens (including phenoxy) is 3. The van der Waals surface area contributed by atoms with Crippen molar-refractivity contribution in [3.63, 3.8) is 0 Å². The predicted molar refractivity (Wildman–Crippen MR) is 114 cm³/mol. The fourth-order valence-corrected chi connectivity index (χ4v) is 3.91. The molecule has 1 unspecified atom stereocenters. The van der Waals surface area contributed by atoms with Crippen molar-refractivity contribution in [2.24, 2.45) is 5.92 Å². The Morgan fingerprint density at radius 3 is 2.59 bits per heavy atom. The van der Waals surface area contributed by atoms with Gasteiger partial charge in [0, 0.05) is 37.5 Å². The van der Waals surface area contributed by atoms with Crippen LogP contribution in [-0.2, 0) is 6.42 Å². The molecule has 0 bridgehead atoms. The molecule has 0 saturated carbocycles. The highest BCUT2D eigenvalue weighted by Crippen LogP contribution is 2.38. The third-order valence-corrected chi connectivity index (χ3v) is 5.44. The van der Waals surface area contributed by atoms with Crippen LogP contribution in [0.2, 0.25) is 0 Å². The lowest BCUT2D eigenvalue weighted by Gasteiger charge is -2.32. The minimum Gasteiger partial charge on any atom is -0.493 e. The monoisotopic (exact) mass is 439 g/mol. The Labute approximate surface area is 185 Å². The van der Waals surface area contributed by atoms with E-state index in [-0.39, 0.29) is 11.8 Å². The van der Waals surface area contributed by atoms with Crippen molar-refractivity contribution in [2.75, 3.05) is 34.4 Å². The number of nitrogens with zero attached hydrogens (tertiary/aromatic N) is 5. The number of hydrogen-bond acceptors (Lipinski definition) is 9. The number of carbonyl (C=O) groups is 1. The number of benzene rings is 1. The van der Waals surface area contributed by atoms with Gasteiger partial charge in [-0.15, -0.1) is 0 Å². The van der Waals surface area contributed by atoms with Crippen molar-refractivity contribution in [1.29, 1.82) is 0 Å². The van der Waals surface area contributed by atoms with Gasteiger partial charge in [0.25, 0.3) is 5.91 Å². The first-order valence-corrected chi connectivity index (χ1v) is 10.3. The van der Waals surface area contributed by atoms with Crippen molar-refractivity contribution in [3.8, 4) is 28.8 Å². The van der Waals surface area contributed by atoms with Crippen LogP contribution >= 0.6 is 0 Å². The molecule has 10 heteroatoms. The molecule has 1 atom stereocenters. The van der Waals surface area contributed by atoms with Gasteiger partial charge in [-0.2, -0.15) is 4.98 Å². The summed E-state index contributed by atoms with van der Waals surface area (Å²) in [6, 6.07) is 3.36. The van der Waals surface area contributed by atoms with Gasteiger partial charge in [-0.25, -0.2) is 4.98 Å². The van der Waals surface area contributed by atoms with Crippen molar-refractivity contribution in [3.05, 3.63) is 42.2 Å². The molecule has 3 heterocycles. The van der Waals surface area contributed by atoms with Crippen molar-refractivity contribution in [2.45, 2.75) is 19.3 Å². The lowest BCUT2D eigenvalue weighted by Crippen LogP contribution is -2.40. The predicted octanol–water partition coefficient (Wildman–Crippen LogP) is 2.65. The maximum Gasteiger partial charge on any atom is 0.254 e. The lowest BCUT2D eigenvalue weighted by molar-refractivity contribution is 0.0667. The Kier molecular flexibility index (Phi) is 6.48. The van der Waals surface area contributed by atoms with Gasteiger partial charge in [0.05, 0.1) is 27.5 Å². The molecule has 1 aliphatic rings. The summed E-state index contributed by atoms with van der Waals surface area (Å²) in [5.74, 6) is 2.42. The van der Waals surface area contributed by atoms with E-state index in [1.165, 1.54) is 21.3 Å². The number of rotatable bonds is 7. The first-order valence-electron chi connectivity index (χ1n) is 10.3. The Hall–Kier alpha value is -3.69. The maximum atomic E-state index is 13.2. The molecule has 4 rings (SSSR count). The van der Waals surface area contributed by atoms with Gasteiger partial charge in [-0.1, -0.05) is 5.16 Å². The fraction of sp³-hybridized carbons (Fsp3) is 0.409. The zero-order valence-electron chi connectivity index (χ0n) is 18.3. The molecule has 32 heavy (non-hydrogen) atoms. The Bertz CT molecular complexity index is 1050. The van der Waals surface area contributed by atoms with E-state index >= 15 is 0 Å². The molecule has 1 fully saturated rings. The molecular formula is C22H25N5O5. The number of carbonyl (C=O) groups excluding carboxylic acids is 1. The molecule has 1 aromatic carbocycles. The molecule has 1 aliphatic heterocycles. The SMILES string of the molecule is COc1cc(C(=O)N2CCCC(Cc3nc(-c4cnccn4)no3)C2)cc(OC)c1OC. The van der Waals surface area contributed by atoms with Gasteiger partial charge in [0.2, 0.25) is 17.5 Å². The highest BCUT2D eigenvalue weighted by atomic mass is 16.5. The molecule has 2 aromatic heterocycles. The summed E-state index contributed by atoms with van der Waals surface area (Å²) in [6.07, 6.45) is 7.22. The number of amides is 1. The molecular weight excluding hydrogens is 414 g/mol. The van der Waals surface area contributed by atoms with Crippen LogP contribution in [0.5, 0.6) is 17.2 Å². The van der Waals surface area contributed by atoms with Crippen molar-refractivity contribution >= 4 is 5.91 Å². The van der Waals surface area contributed by atoms with Gasteiger partial charge in [0.15, 0.2) is 11.5 Å². The van der Waals surface area contributed by atoms with Crippen LogP contribution in [0, 0.1) is 5.92 Å². The number of aromatic nitrogens is 4. The summed E-state index contributed by atoms with van der Waals surface area (Å²) >= 11 is 0. The second kappa shape index (κ2) is 9.63. The van der Waals surface area contributed by atoms with E-state index in [1.807, 2.05) is 4.90 Å². The molecule has 0 radical (unpaired) electrons. The standard InChI is InChI=1S/C22H25N5O5/c1-29-17-10-15(11-18(30-2)20(17)31-3)22(28)27-8-4-5-14(13-27)9-19-25-21(26-32-19)16-12-23-6-7-24-16/h6-7,10-12,14H,4-5,8-9,13H2,1-3H3. The van der Waals surface area contributed by atoms with Crippen LogP contribution in [0.1, 0.15) is 29.1 Å². The largest absolute Gasteiger partial charge is 0.493 e. The summed E-state index contributed by atoms with van der Waals surface area (Å²) in [5.41, 5.74) is 1.05. The number of likely N-dealkylation sites (tertiary alicyclic amines) is 1.